The number of carbonyl (C=O) groups is 3. The lowest BCUT2D eigenvalue weighted by atomic mass is 10.1. The van der Waals surface area contributed by atoms with E-state index in [2.05, 4.69) is 4.90 Å². The molecule has 1 atom stereocenters. The number of carbonyl (C=O) groups excluding carboxylic acids is 3. The van der Waals surface area contributed by atoms with E-state index in [1.165, 1.54) is 4.90 Å². The highest BCUT2D eigenvalue weighted by Crippen LogP contribution is 2.33. The number of anilines is 1. The molecule has 2 heterocycles. The van der Waals surface area contributed by atoms with Crippen LogP contribution in [0.4, 0.5) is 5.69 Å². The van der Waals surface area contributed by atoms with Crippen LogP contribution >= 0.6 is 0 Å². The third-order valence-corrected chi connectivity index (χ3v) is 5.05. The van der Waals surface area contributed by atoms with E-state index in [9.17, 15) is 14.4 Å². The first-order valence-corrected chi connectivity index (χ1v) is 9.12. The minimum Gasteiger partial charge on any atom is -0.462 e. The number of hydrogen-bond acceptors (Lipinski definition) is 5. The Morgan fingerprint density at radius 2 is 1.67 bits per heavy atom. The molecule has 6 nitrogen and oxygen atoms in total. The topological polar surface area (TPSA) is 66.9 Å². The summed E-state index contributed by atoms with van der Waals surface area (Å²) in [4.78, 5) is 40.9. The molecule has 2 amide bonds. The van der Waals surface area contributed by atoms with Gasteiger partial charge in [0, 0.05) is 12.2 Å². The van der Waals surface area contributed by atoms with E-state index in [0.29, 0.717) is 23.3 Å². The van der Waals surface area contributed by atoms with Gasteiger partial charge in [0.25, 0.3) is 11.8 Å². The van der Waals surface area contributed by atoms with Crippen LogP contribution in [-0.2, 0) is 4.74 Å². The standard InChI is InChI=1S/C21H20N2O4/c1-2-27-21(26)14-9-11-15(12-10-14)22-13-5-8-18(22)23-19(24)16-6-3-4-7-17(16)20(23)25/h3-4,6-7,9-12,18H,2,5,8,13H2,1H3/t18-/m1/s1. The Kier molecular flexibility index (Phi) is 4.39. The van der Waals surface area contributed by atoms with Gasteiger partial charge in [0.15, 0.2) is 0 Å². The fourth-order valence-electron chi connectivity index (χ4n) is 3.80. The van der Waals surface area contributed by atoms with Gasteiger partial charge in [-0.1, -0.05) is 12.1 Å². The second-order valence-corrected chi connectivity index (χ2v) is 6.61. The van der Waals surface area contributed by atoms with Crippen molar-refractivity contribution in [1.29, 1.82) is 0 Å². The molecule has 1 saturated heterocycles. The summed E-state index contributed by atoms with van der Waals surface area (Å²) < 4.78 is 5.01. The van der Waals surface area contributed by atoms with Crippen molar-refractivity contribution in [3.05, 3.63) is 65.2 Å². The SMILES string of the molecule is CCOC(=O)c1ccc(N2CCC[C@H]2N2C(=O)c3ccccc3C2=O)cc1. The summed E-state index contributed by atoms with van der Waals surface area (Å²) >= 11 is 0. The smallest absolute Gasteiger partial charge is 0.338 e. The zero-order valence-electron chi connectivity index (χ0n) is 15.1. The number of ether oxygens (including phenoxy) is 1. The molecule has 2 aromatic carbocycles. The molecule has 2 aliphatic heterocycles. The maximum atomic E-state index is 12.8. The molecule has 27 heavy (non-hydrogen) atoms. The second-order valence-electron chi connectivity index (χ2n) is 6.61. The van der Waals surface area contributed by atoms with E-state index in [1.807, 2.05) is 12.1 Å². The number of amides is 2. The Labute approximate surface area is 157 Å². The molecule has 6 heteroatoms. The molecule has 2 aliphatic rings. The van der Waals surface area contributed by atoms with E-state index in [4.69, 9.17) is 4.74 Å². The Morgan fingerprint density at radius 3 is 2.26 bits per heavy atom. The number of hydrogen-bond donors (Lipinski definition) is 0. The summed E-state index contributed by atoms with van der Waals surface area (Å²) in [7, 11) is 0. The van der Waals surface area contributed by atoms with Gasteiger partial charge >= 0.3 is 5.97 Å². The Hall–Kier alpha value is -3.15. The predicted octanol–water partition coefficient (Wildman–Crippen LogP) is 3.09. The van der Waals surface area contributed by atoms with Crippen molar-refractivity contribution in [2.75, 3.05) is 18.1 Å². The van der Waals surface area contributed by atoms with Crippen molar-refractivity contribution >= 4 is 23.5 Å². The number of benzene rings is 2. The zero-order valence-corrected chi connectivity index (χ0v) is 15.1. The second kappa shape index (κ2) is 6.87. The summed E-state index contributed by atoms with van der Waals surface area (Å²) in [5, 5.41) is 0. The molecule has 0 aromatic heterocycles. The van der Waals surface area contributed by atoms with Gasteiger partial charge in [-0.05, 0) is 56.2 Å². The van der Waals surface area contributed by atoms with Crippen molar-refractivity contribution in [1.82, 2.24) is 4.90 Å². The molecule has 0 aliphatic carbocycles. The van der Waals surface area contributed by atoms with Crippen molar-refractivity contribution in [2.45, 2.75) is 25.9 Å². The molecule has 0 bridgehead atoms. The highest BCUT2D eigenvalue weighted by molar-refractivity contribution is 6.21. The van der Waals surface area contributed by atoms with Crippen LogP contribution in [0.15, 0.2) is 48.5 Å². The van der Waals surface area contributed by atoms with Crippen LogP contribution in [0.2, 0.25) is 0 Å². The molecule has 0 N–H and O–H groups in total. The minimum atomic E-state index is -0.359. The van der Waals surface area contributed by atoms with E-state index in [0.717, 1.165) is 25.1 Å². The largest absolute Gasteiger partial charge is 0.462 e. The highest BCUT2D eigenvalue weighted by atomic mass is 16.5. The van der Waals surface area contributed by atoms with Crippen LogP contribution < -0.4 is 4.90 Å². The molecular weight excluding hydrogens is 344 g/mol. The summed E-state index contributed by atoms with van der Waals surface area (Å²) in [6, 6.07) is 14.0. The van der Waals surface area contributed by atoms with Gasteiger partial charge in [-0.2, -0.15) is 0 Å². The van der Waals surface area contributed by atoms with Crippen molar-refractivity contribution in [3.8, 4) is 0 Å². The number of esters is 1. The van der Waals surface area contributed by atoms with Gasteiger partial charge in [0.2, 0.25) is 0 Å². The number of nitrogens with zero attached hydrogens (tertiary/aromatic N) is 2. The first-order valence-electron chi connectivity index (χ1n) is 9.12. The zero-order chi connectivity index (χ0) is 19.0. The normalized spacial score (nSPS) is 18.8. The quantitative estimate of drug-likeness (QED) is 0.616. The summed E-state index contributed by atoms with van der Waals surface area (Å²) in [6.07, 6.45) is 1.30. The van der Waals surface area contributed by atoms with Crippen LogP contribution in [0.1, 0.15) is 50.8 Å². The Balaban J connectivity index is 1.59. The molecule has 0 spiro atoms. The van der Waals surface area contributed by atoms with Gasteiger partial charge < -0.3 is 9.64 Å². The van der Waals surface area contributed by atoms with E-state index >= 15 is 0 Å². The maximum Gasteiger partial charge on any atom is 0.338 e. The van der Waals surface area contributed by atoms with Gasteiger partial charge in [0.1, 0.15) is 6.17 Å². The Bertz CT molecular complexity index is 872. The lowest BCUT2D eigenvalue weighted by Crippen LogP contribution is -2.47. The number of rotatable bonds is 4. The monoisotopic (exact) mass is 364 g/mol. The summed E-state index contributed by atoms with van der Waals surface area (Å²) in [5.41, 5.74) is 2.29. The van der Waals surface area contributed by atoms with Gasteiger partial charge in [0.05, 0.1) is 23.3 Å². The third-order valence-electron chi connectivity index (χ3n) is 5.05. The number of fused-ring (bicyclic) bond motifs is 1. The molecule has 4 rings (SSSR count). The average Bonchev–Trinajstić information content (AvgIpc) is 3.26. The summed E-state index contributed by atoms with van der Waals surface area (Å²) in [6.45, 7) is 2.84. The van der Waals surface area contributed by atoms with Crippen LogP contribution in [0.5, 0.6) is 0 Å². The lowest BCUT2D eigenvalue weighted by Gasteiger charge is -2.32. The number of imide groups is 1. The first-order chi connectivity index (χ1) is 13.1. The first kappa shape index (κ1) is 17.3. The van der Waals surface area contributed by atoms with E-state index in [1.54, 1.807) is 43.3 Å². The molecule has 0 radical (unpaired) electrons. The van der Waals surface area contributed by atoms with Crippen LogP contribution in [0.3, 0.4) is 0 Å². The van der Waals surface area contributed by atoms with E-state index < -0.39 is 0 Å². The molecule has 2 aromatic rings. The molecule has 138 valence electrons. The van der Waals surface area contributed by atoms with Crippen molar-refractivity contribution < 1.29 is 19.1 Å². The van der Waals surface area contributed by atoms with Gasteiger partial charge in [-0.3, -0.25) is 14.5 Å². The minimum absolute atomic E-state index is 0.240. The van der Waals surface area contributed by atoms with Crippen LogP contribution in [0, 0.1) is 0 Å². The lowest BCUT2D eigenvalue weighted by molar-refractivity contribution is 0.0524. The average molecular weight is 364 g/mol. The molecule has 0 unspecified atom stereocenters. The van der Waals surface area contributed by atoms with Crippen LogP contribution in [0.25, 0.3) is 0 Å². The highest BCUT2D eigenvalue weighted by Gasteiger charge is 2.43. The fourth-order valence-corrected chi connectivity index (χ4v) is 3.80. The molecule has 1 fully saturated rings. The van der Waals surface area contributed by atoms with Crippen LogP contribution in [-0.4, -0.2) is 42.0 Å². The molecular formula is C21H20N2O4. The van der Waals surface area contributed by atoms with Crippen molar-refractivity contribution in [2.24, 2.45) is 0 Å². The van der Waals surface area contributed by atoms with Gasteiger partial charge in [-0.25, -0.2) is 4.79 Å². The van der Waals surface area contributed by atoms with Crippen molar-refractivity contribution in [3.63, 3.8) is 0 Å². The summed E-state index contributed by atoms with van der Waals surface area (Å²) in [5.74, 6) is -0.839. The van der Waals surface area contributed by atoms with E-state index in [-0.39, 0.29) is 23.9 Å². The predicted molar refractivity (Wildman–Crippen MR) is 99.7 cm³/mol. The molecule has 0 saturated carbocycles. The third kappa shape index (κ3) is 2.87. The van der Waals surface area contributed by atoms with Gasteiger partial charge in [-0.15, -0.1) is 0 Å². The fraction of sp³-hybridized carbons (Fsp3) is 0.286. The maximum absolute atomic E-state index is 12.8. The Morgan fingerprint density at radius 1 is 1.04 bits per heavy atom.